The van der Waals surface area contributed by atoms with E-state index in [9.17, 15) is 13.2 Å². The highest BCUT2D eigenvalue weighted by Gasteiger charge is 2.25. The van der Waals surface area contributed by atoms with Crippen molar-refractivity contribution in [2.75, 3.05) is 13.2 Å². The Morgan fingerprint density at radius 1 is 1.24 bits per heavy atom. The molecule has 0 spiro atoms. The summed E-state index contributed by atoms with van der Waals surface area (Å²) in [6, 6.07) is 0. The lowest BCUT2D eigenvalue weighted by atomic mass is 10.1. The van der Waals surface area contributed by atoms with Crippen LogP contribution >= 0.6 is 0 Å². The normalized spacial score (nSPS) is 12.9. The van der Waals surface area contributed by atoms with Crippen molar-refractivity contribution in [2.24, 2.45) is 0 Å². The third kappa shape index (κ3) is 9.41. The van der Waals surface area contributed by atoms with E-state index in [0.717, 1.165) is 5.69 Å². The molecule has 0 aromatic carbocycles. The van der Waals surface area contributed by atoms with Gasteiger partial charge in [-0.25, -0.2) is 4.68 Å². The van der Waals surface area contributed by atoms with Gasteiger partial charge in [-0.2, -0.15) is 13.2 Å². The number of aromatic nitrogens is 3. The van der Waals surface area contributed by atoms with Gasteiger partial charge in [-0.05, 0) is 27.2 Å². The van der Waals surface area contributed by atoms with E-state index >= 15 is 0 Å². The third-order valence-corrected chi connectivity index (χ3v) is 2.60. The molecule has 1 aromatic rings. The van der Waals surface area contributed by atoms with Crippen LogP contribution in [0.3, 0.4) is 0 Å². The first-order valence-electron chi connectivity index (χ1n) is 6.94. The number of nitrogens with zero attached hydrogens (tertiary/aromatic N) is 3. The summed E-state index contributed by atoms with van der Waals surface area (Å²) in [5, 5.41) is 11.2. The van der Waals surface area contributed by atoms with Crippen molar-refractivity contribution in [1.82, 2.24) is 20.3 Å². The van der Waals surface area contributed by atoms with Crippen LogP contribution in [0.25, 0.3) is 0 Å². The van der Waals surface area contributed by atoms with Crippen molar-refractivity contribution in [3.63, 3.8) is 0 Å². The molecule has 0 fully saturated rings. The molecule has 0 aliphatic rings. The largest absolute Gasteiger partial charge is 0.389 e. The zero-order chi connectivity index (χ0) is 15.9. The van der Waals surface area contributed by atoms with Gasteiger partial charge in [0.2, 0.25) is 0 Å². The smallest absolute Gasteiger partial charge is 0.380 e. The molecule has 8 heteroatoms. The fourth-order valence-corrected chi connectivity index (χ4v) is 1.52. The number of hydrogen-bond donors (Lipinski definition) is 1. The highest BCUT2D eigenvalue weighted by Crippen LogP contribution is 2.20. The molecule has 0 bridgehead atoms. The Morgan fingerprint density at radius 2 is 1.95 bits per heavy atom. The molecule has 0 radical (unpaired) electrons. The van der Waals surface area contributed by atoms with E-state index in [1.54, 1.807) is 10.9 Å². The summed E-state index contributed by atoms with van der Waals surface area (Å²) in [5.41, 5.74) is 0.827. The van der Waals surface area contributed by atoms with Crippen molar-refractivity contribution in [3.05, 3.63) is 11.9 Å². The number of rotatable bonds is 8. The Morgan fingerprint density at radius 3 is 2.57 bits per heavy atom. The van der Waals surface area contributed by atoms with E-state index in [1.165, 1.54) is 0 Å². The van der Waals surface area contributed by atoms with E-state index in [-0.39, 0.29) is 18.6 Å². The van der Waals surface area contributed by atoms with E-state index in [4.69, 9.17) is 4.74 Å². The van der Waals surface area contributed by atoms with Crippen LogP contribution in [0.5, 0.6) is 0 Å². The first kappa shape index (κ1) is 17.9. The Hall–Kier alpha value is -1.15. The summed E-state index contributed by atoms with van der Waals surface area (Å²) in [5.74, 6) is 0. The fraction of sp³-hybridized carbons (Fsp3) is 0.846. The monoisotopic (exact) mass is 308 g/mol. The van der Waals surface area contributed by atoms with Crippen LogP contribution in [-0.2, 0) is 17.8 Å². The summed E-state index contributed by atoms with van der Waals surface area (Å²) in [4.78, 5) is 0. The summed E-state index contributed by atoms with van der Waals surface area (Å²) in [6.45, 7) is 7.72. The number of alkyl halides is 3. The second-order valence-electron chi connectivity index (χ2n) is 5.91. The van der Waals surface area contributed by atoms with E-state index in [1.807, 2.05) is 0 Å². The maximum atomic E-state index is 11.9. The predicted octanol–water partition coefficient (Wildman–Crippen LogP) is 2.53. The van der Waals surface area contributed by atoms with Crippen molar-refractivity contribution < 1.29 is 17.9 Å². The first-order valence-corrected chi connectivity index (χ1v) is 6.94. The summed E-state index contributed by atoms with van der Waals surface area (Å²) >= 11 is 0. The second-order valence-corrected chi connectivity index (χ2v) is 5.91. The molecule has 0 amide bonds. The van der Waals surface area contributed by atoms with E-state index in [0.29, 0.717) is 19.7 Å². The minimum absolute atomic E-state index is 0.00533. The van der Waals surface area contributed by atoms with Gasteiger partial charge in [0.15, 0.2) is 0 Å². The lowest BCUT2D eigenvalue weighted by Crippen LogP contribution is -2.35. The number of ether oxygens (including phenoxy) is 1. The average molecular weight is 308 g/mol. The maximum Gasteiger partial charge on any atom is 0.389 e. The quantitative estimate of drug-likeness (QED) is 0.750. The Kier molecular flexibility index (Phi) is 6.60. The van der Waals surface area contributed by atoms with Gasteiger partial charge >= 0.3 is 6.18 Å². The van der Waals surface area contributed by atoms with Crippen molar-refractivity contribution in [3.8, 4) is 0 Å². The van der Waals surface area contributed by atoms with Gasteiger partial charge < -0.3 is 10.1 Å². The molecular formula is C13H23F3N4O. The van der Waals surface area contributed by atoms with Crippen LogP contribution in [-0.4, -0.2) is 39.9 Å². The highest BCUT2D eigenvalue weighted by molar-refractivity contribution is 4.92. The molecule has 21 heavy (non-hydrogen) atoms. The number of nitrogens with one attached hydrogen (secondary N) is 1. The molecule has 5 nitrogen and oxygen atoms in total. The van der Waals surface area contributed by atoms with E-state index < -0.39 is 12.6 Å². The van der Waals surface area contributed by atoms with Crippen molar-refractivity contribution in [2.45, 2.75) is 58.4 Å². The molecule has 0 saturated carbocycles. The molecule has 0 aliphatic carbocycles. The zero-order valence-electron chi connectivity index (χ0n) is 12.7. The maximum absolute atomic E-state index is 11.9. The molecule has 1 rings (SSSR count). The minimum Gasteiger partial charge on any atom is -0.380 e. The average Bonchev–Trinajstić information content (AvgIpc) is 2.77. The SMILES string of the molecule is CC(C)(C)NCc1cn(CCOCCCC(F)(F)F)nn1. The van der Waals surface area contributed by atoms with Gasteiger partial charge in [-0.1, -0.05) is 5.21 Å². The van der Waals surface area contributed by atoms with Crippen LogP contribution < -0.4 is 5.32 Å². The van der Waals surface area contributed by atoms with Crippen LogP contribution in [0.1, 0.15) is 39.3 Å². The summed E-state index contributed by atoms with van der Waals surface area (Å²) in [7, 11) is 0. The molecule has 0 atom stereocenters. The first-order chi connectivity index (χ1) is 9.66. The molecule has 1 N–H and O–H groups in total. The lowest BCUT2D eigenvalue weighted by molar-refractivity contribution is -0.137. The van der Waals surface area contributed by atoms with Gasteiger partial charge in [-0.15, -0.1) is 5.10 Å². The molecule has 1 heterocycles. The molecular weight excluding hydrogens is 285 g/mol. The van der Waals surface area contributed by atoms with Gasteiger partial charge in [0.25, 0.3) is 0 Å². The van der Waals surface area contributed by atoms with Gasteiger partial charge in [0.1, 0.15) is 0 Å². The van der Waals surface area contributed by atoms with Gasteiger partial charge in [-0.3, -0.25) is 0 Å². The molecule has 1 aromatic heterocycles. The van der Waals surface area contributed by atoms with Crippen molar-refractivity contribution in [1.29, 1.82) is 0 Å². The fourth-order valence-electron chi connectivity index (χ4n) is 1.52. The molecule has 0 saturated heterocycles. The Labute approximate surface area is 122 Å². The molecule has 122 valence electrons. The standard InChI is InChI=1S/C13H23F3N4O/c1-12(2,3)17-9-11-10-20(19-18-11)6-8-21-7-4-5-13(14,15)16/h10,17H,4-9H2,1-3H3. The van der Waals surface area contributed by atoms with E-state index in [2.05, 4.69) is 36.4 Å². The zero-order valence-corrected chi connectivity index (χ0v) is 12.7. The topological polar surface area (TPSA) is 52.0 Å². The lowest BCUT2D eigenvalue weighted by Gasteiger charge is -2.19. The van der Waals surface area contributed by atoms with Crippen LogP contribution in [0, 0.1) is 0 Å². The number of halogens is 3. The number of hydrogen-bond acceptors (Lipinski definition) is 4. The van der Waals surface area contributed by atoms with Gasteiger partial charge in [0.05, 0.1) is 18.8 Å². The minimum atomic E-state index is -4.11. The van der Waals surface area contributed by atoms with Crippen LogP contribution in [0.15, 0.2) is 6.20 Å². The van der Waals surface area contributed by atoms with Crippen LogP contribution in [0.2, 0.25) is 0 Å². The molecule has 0 unspecified atom stereocenters. The highest BCUT2D eigenvalue weighted by atomic mass is 19.4. The Bertz CT molecular complexity index is 412. The predicted molar refractivity (Wildman–Crippen MR) is 72.7 cm³/mol. The Balaban J connectivity index is 2.15. The second kappa shape index (κ2) is 7.74. The third-order valence-electron chi connectivity index (χ3n) is 2.60. The summed E-state index contributed by atoms with van der Waals surface area (Å²) in [6.07, 6.45) is -3.12. The summed E-state index contributed by atoms with van der Waals surface area (Å²) < 4.78 is 42.5. The van der Waals surface area contributed by atoms with Crippen LogP contribution in [0.4, 0.5) is 13.2 Å². The molecule has 0 aliphatic heterocycles. The van der Waals surface area contributed by atoms with Gasteiger partial charge in [0, 0.05) is 31.3 Å². The van der Waals surface area contributed by atoms with Crippen molar-refractivity contribution >= 4 is 0 Å².